The van der Waals surface area contributed by atoms with Crippen LogP contribution in [0.1, 0.15) is 6.42 Å². The number of H-pyrrole nitrogens is 1. The molecular weight excluding hydrogens is 366 g/mol. The Morgan fingerprint density at radius 3 is 3.07 bits per heavy atom. The molecule has 1 aliphatic rings. The Morgan fingerprint density at radius 2 is 2.21 bits per heavy atom. The minimum Gasteiger partial charge on any atom is -0.383 e. The molecule has 0 bridgehead atoms. The highest BCUT2D eigenvalue weighted by atomic mass is 16.2. The van der Waals surface area contributed by atoms with E-state index in [1.54, 1.807) is 25.6 Å². The summed E-state index contributed by atoms with van der Waals surface area (Å²) in [6.07, 6.45) is 9.71. The number of fused-ring (bicyclic) bond motifs is 2. The third-order valence-corrected chi connectivity index (χ3v) is 5.27. The number of nitrogens with two attached hydrogens (primary N) is 1. The molecule has 8 heteroatoms. The van der Waals surface area contributed by atoms with Gasteiger partial charge in [0, 0.05) is 60.0 Å². The number of hydrogen-bond acceptors (Lipinski definition) is 6. The van der Waals surface area contributed by atoms with Crippen molar-refractivity contribution in [2.75, 3.05) is 18.1 Å². The summed E-state index contributed by atoms with van der Waals surface area (Å²) in [7, 11) is 1.72. The molecule has 29 heavy (non-hydrogen) atoms. The molecule has 144 valence electrons. The third-order valence-electron chi connectivity index (χ3n) is 5.27. The summed E-state index contributed by atoms with van der Waals surface area (Å²) >= 11 is 0. The zero-order chi connectivity index (χ0) is 20.0. The molecule has 0 aliphatic heterocycles. The fourth-order valence-electron chi connectivity index (χ4n) is 3.66. The topological polar surface area (TPSA) is 122 Å². The zero-order valence-electron chi connectivity index (χ0n) is 15.8. The molecule has 1 amide bonds. The Morgan fingerprint density at radius 1 is 1.31 bits per heavy atom. The first-order valence-electron chi connectivity index (χ1n) is 9.35. The predicted octanol–water partition coefficient (Wildman–Crippen LogP) is 3.03. The van der Waals surface area contributed by atoms with Crippen LogP contribution in [0.3, 0.4) is 0 Å². The van der Waals surface area contributed by atoms with Gasteiger partial charge >= 0.3 is 0 Å². The number of carbonyl (C=O) groups is 1. The van der Waals surface area contributed by atoms with Gasteiger partial charge in [-0.1, -0.05) is 0 Å². The number of amides is 1. The minimum absolute atomic E-state index is 0.0356. The van der Waals surface area contributed by atoms with E-state index < -0.39 is 0 Å². The lowest BCUT2D eigenvalue weighted by Crippen LogP contribution is -2.16. The Kier molecular flexibility index (Phi) is 3.97. The van der Waals surface area contributed by atoms with Crippen molar-refractivity contribution >= 4 is 45.4 Å². The van der Waals surface area contributed by atoms with Crippen LogP contribution >= 0.6 is 0 Å². The molecule has 2 atom stereocenters. The highest BCUT2D eigenvalue weighted by molar-refractivity contribution is 6.01. The summed E-state index contributed by atoms with van der Waals surface area (Å²) in [6, 6.07) is 5.75. The molecule has 0 saturated heterocycles. The van der Waals surface area contributed by atoms with Gasteiger partial charge < -0.3 is 21.0 Å². The minimum atomic E-state index is -0.0368. The van der Waals surface area contributed by atoms with E-state index in [4.69, 9.17) is 5.73 Å². The molecule has 4 aromatic rings. The van der Waals surface area contributed by atoms with Crippen molar-refractivity contribution in [3.8, 4) is 11.3 Å². The van der Waals surface area contributed by atoms with Crippen LogP contribution in [0.2, 0.25) is 0 Å². The fourth-order valence-corrected chi connectivity index (χ4v) is 3.66. The first kappa shape index (κ1) is 17.3. The molecule has 4 heterocycles. The first-order chi connectivity index (χ1) is 14.1. The third kappa shape index (κ3) is 3.08. The van der Waals surface area contributed by atoms with E-state index in [-0.39, 0.29) is 17.7 Å². The van der Waals surface area contributed by atoms with Gasteiger partial charge in [-0.3, -0.25) is 9.78 Å². The monoisotopic (exact) mass is 385 g/mol. The second-order valence-electron chi connectivity index (χ2n) is 7.21. The molecule has 1 aliphatic carbocycles. The van der Waals surface area contributed by atoms with E-state index in [0.29, 0.717) is 11.6 Å². The van der Waals surface area contributed by atoms with Crippen molar-refractivity contribution in [1.29, 1.82) is 0 Å². The zero-order valence-corrected chi connectivity index (χ0v) is 15.8. The summed E-state index contributed by atoms with van der Waals surface area (Å²) in [6.45, 7) is 0. The van der Waals surface area contributed by atoms with E-state index in [9.17, 15) is 4.79 Å². The maximum atomic E-state index is 12.4. The molecule has 8 nitrogen and oxygen atoms in total. The lowest BCUT2D eigenvalue weighted by molar-refractivity contribution is -0.117. The highest BCUT2D eigenvalue weighted by Crippen LogP contribution is 2.38. The van der Waals surface area contributed by atoms with Crippen molar-refractivity contribution in [3.63, 3.8) is 0 Å². The number of aromatic nitrogens is 4. The predicted molar refractivity (Wildman–Crippen MR) is 114 cm³/mol. The lowest BCUT2D eigenvalue weighted by atomic mass is 10.1. The van der Waals surface area contributed by atoms with Crippen LogP contribution in [-0.4, -0.2) is 39.1 Å². The average molecular weight is 385 g/mol. The number of rotatable bonds is 4. The molecule has 0 spiro atoms. The standard InChI is InChI=1S/C21H19N7O/c1-23-7-12-4-14(12)21(29)28-19-6-11-5-17(27-20(22)15(11)9-26-19)16-8-24-10-18-13(16)2-3-25-18/h2-3,5-10,12,14,25H,4H2,1H3,(H2,22,27)(H,26,28,29)/b23-7-/t12-,14-/m1/s1. The number of aliphatic imine (C=N–C) groups is 1. The molecule has 0 aromatic carbocycles. The molecule has 0 radical (unpaired) electrons. The second-order valence-corrected chi connectivity index (χ2v) is 7.21. The number of nitrogens with one attached hydrogen (secondary N) is 2. The maximum Gasteiger partial charge on any atom is 0.229 e. The van der Waals surface area contributed by atoms with Crippen molar-refractivity contribution in [2.24, 2.45) is 16.8 Å². The molecule has 4 N–H and O–H groups in total. The average Bonchev–Trinajstić information content (AvgIpc) is 3.31. The Bertz CT molecular complexity index is 1280. The second kappa shape index (κ2) is 6.66. The van der Waals surface area contributed by atoms with Gasteiger partial charge in [0.15, 0.2) is 0 Å². The quantitative estimate of drug-likeness (QED) is 0.466. The van der Waals surface area contributed by atoms with E-state index in [2.05, 4.69) is 30.2 Å². The molecule has 4 aromatic heterocycles. The van der Waals surface area contributed by atoms with Crippen molar-refractivity contribution in [3.05, 3.63) is 43.0 Å². The molecule has 0 unspecified atom stereocenters. The summed E-state index contributed by atoms with van der Waals surface area (Å²) in [5.74, 6) is 1.03. The van der Waals surface area contributed by atoms with Gasteiger partial charge in [-0.15, -0.1) is 0 Å². The Hall–Kier alpha value is -3.81. The number of nitrogens with zero attached hydrogens (tertiary/aromatic N) is 4. The van der Waals surface area contributed by atoms with Gasteiger partial charge in [0.25, 0.3) is 0 Å². The van der Waals surface area contributed by atoms with Crippen LogP contribution < -0.4 is 11.1 Å². The van der Waals surface area contributed by atoms with E-state index in [0.717, 1.165) is 39.4 Å². The summed E-state index contributed by atoms with van der Waals surface area (Å²) in [5, 5.41) is 5.51. The van der Waals surface area contributed by atoms with Gasteiger partial charge in [-0.05, 0) is 30.0 Å². The van der Waals surface area contributed by atoms with E-state index in [1.165, 1.54) is 0 Å². The van der Waals surface area contributed by atoms with E-state index >= 15 is 0 Å². The highest BCUT2D eigenvalue weighted by Gasteiger charge is 2.41. The van der Waals surface area contributed by atoms with Crippen molar-refractivity contribution in [1.82, 2.24) is 19.9 Å². The molecular formula is C21H19N7O. The van der Waals surface area contributed by atoms with Gasteiger partial charge in [0.1, 0.15) is 11.6 Å². The van der Waals surface area contributed by atoms with Gasteiger partial charge in [0.2, 0.25) is 5.91 Å². The number of hydrogen-bond donors (Lipinski definition) is 3. The molecule has 1 fully saturated rings. The van der Waals surface area contributed by atoms with Crippen LogP contribution in [0.4, 0.5) is 11.6 Å². The van der Waals surface area contributed by atoms with Crippen LogP contribution in [0, 0.1) is 11.8 Å². The van der Waals surface area contributed by atoms with Crippen molar-refractivity contribution in [2.45, 2.75) is 6.42 Å². The first-order valence-corrected chi connectivity index (χ1v) is 9.35. The number of pyridine rings is 3. The summed E-state index contributed by atoms with van der Waals surface area (Å²) in [5.41, 5.74) is 8.73. The van der Waals surface area contributed by atoms with Crippen LogP contribution in [-0.2, 0) is 4.79 Å². The largest absolute Gasteiger partial charge is 0.383 e. The van der Waals surface area contributed by atoms with Crippen LogP contribution in [0.25, 0.3) is 32.9 Å². The van der Waals surface area contributed by atoms with Crippen molar-refractivity contribution < 1.29 is 4.79 Å². The Balaban J connectivity index is 1.50. The fraction of sp³-hybridized carbons (Fsp3) is 0.190. The Labute approximate surface area is 166 Å². The number of nitrogen functional groups attached to an aromatic ring is 1. The lowest BCUT2D eigenvalue weighted by Gasteiger charge is -2.09. The number of anilines is 2. The van der Waals surface area contributed by atoms with E-state index in [1.807, 2.05) is 30.6 Å². The molecule has 5 rings (SSSR count). The smallest absolute Gasteiger partial charge is 0.229 e. The number of carbonyl (C=O) groups excluding carboxylic acids is 1. The molecule has 1 saturated carbocycles. The van der Waals surface area contributed by atoms with Gasteiger partial charge in [-0.2, -0.15) is 0 Å². The van der Waals surface area contributed by atoms with Crippen LogP contribution in [0.5, 0.6) is 0 Å². The summed E-state index contributed by atoms with van der Waals surface area (Å²) < 4.78 is 0. The SMILES string of the molecule is C/N=C\[C@H]1C[C@H]1C(=O)Nc1cc2cc(-c3cncc4[nH]ccc34)nc(N)c2cn1. The number of aromatic amines is 1. The summed E-state index contributed by atoms with van der Waals surface area (Å²) in [4.78, 5) is 32.7. The maximum absolute atomic E-state index is 12.4. The van der Waals surface area contributed by atoms with Gasteiger partial charge in [0.05, 0.1) is 17.4 Å². The van der Waals surface area contributed by atoms with Gasteiger partial charge in [-0.25, -0.2) is 9.97 Å². The normalized spacial score (nSPS) is 18.5. The van der Waals surface area contributed by atoms with Crippen LogP contribution in [0.15, 0.2) is 48.0 Å².